The SMILES string of the molecule is CCC(NC(=O)[C@@H]1CCCCN1)c1ccc(Cl)cc1. The quantitative estimate of drug-likeness (QED) is 0.890. The van der Waals surface area contributed by atoms with Gasteiger partial charge in [-0.3, -0.25) is 4.79 Å². The highest BCUT2D eigenvalue weighted by molar-refractivity contribution is 6.30. The Morgan fingerprint density at radius 1 is 1.42 bits per heavy atom. The molecule has 0 spiro atoms. The van der Waals surface area contributed by atoms with E-state index >= 15 is 0 Å². The predicted molar refractivity (Wildman–Crippen MR) is 78.3 cm³/mol. The molecule has 1 fully saturated rings. The van der Waals surface area contributed by atoms with E-state index in [1.165, 1.54) is 0 Å². The van der Waals surface area contributed by atoms with E-state index in [1.807, 2.05) is 24.3 Å². The number of nitrogens with one attached hydrogen (secondary N) is 2. The Bertz CT molecular complexity index is 413. The summed E-state index contributed by atoms with van der Waals surface area (Å²) in [7, 11) is 0. The Morgan fingerprint density at radius 2 is 2.16 bits per heavy atom. The van der Waals surface area contributed by atoms with E-state index in [4.69, 9.17) is 11.6 Å². The average molecular weight is 281 g/mol. The minimum Gasteiger partial charge on any atom is -0.348 e. The monoisotopic (exact) mass is 280 g/mol. The zero-order valence-electron chi connectivity index (χ0n) is 11.3. The number of benzene rings is 1. The van der Waals surface area contributed by atoms with Gasteiger partial charge in [0, 0.05) is 5.02 Å². The maximum atomic E-state index is 12.2. The van der Waals surface area contributed by atoms with Crippen LogP contribution >= 0.6 is 11.6 Å². The smallest absolute Gasteiger partial charge is 0.237 e. The van der Waals surface area contributed by atoms with Crippen LogP contribution in [0.1, 0.15) is 44.2 Å². The fraction of sp³-hybridized carbons (Fsp3) is 0.533. The highest BCUT2D eigenvalue weighted by atomic mass is 35.5. The van der Waals surface area contributed by atoms with Crippen molar-refractivity contribution in [1.29, 1.82) is 0 Å². The Kier molecular flexibility index (Phi) is 5.23. The third-order valence-electron chi connectivity index (χ3n) is 3.62. The number of amides is 1. The fourth-order valence-electron chi connectivity index (χ4n) is 2.46. The summed E-state index contributed by atoms with van der Waals surface area (Å²) in [5.74, 6) is 0.113. The summed E-state index contributed by atoms with van der Waals surface area (Å²) in [4.78, 5) is 12.2. The molecule has 1 saturated heterocycles. The summed E-state index contributed by atoms with van der Waals surface area (Å²) in [6.07, 6.45) is 4.10. The van der Waals surface area contributed by atoms with E-state index in [9.17, 15) is 4.79 Å². The zero-order chi connectivity index (χ0) is 13.7. The van der Waals surface area contributed by atoms with Crippen LogP contribution in [-0.4, -0.2) is 18.5 Å². The van der Waals surface area contributed by atoms with Crippen LogP contribution in [0.4, 0.5) is 0 Å². The van der Waals surface area contributed by atoms with Gasteiger partial charge in [0.25, 0.3) is 0 Å². The molecule has 0 aromatic heterocycles. The second kappa shape index (κ2) is 6.92. The Balaban J connectivity index is 1.98. The molecular formula is C15H21ClN2O. The summed E-state index contributed by atoms with van der Waals surface area (Å²) < 4.78 is 0. The van der Waals surface area contributed by atoms with E-state index < -0.39 is 0 Å². The lowest BCUT2D eigenvalue weighted by Gasteiger charge is -2.25. The van der Waals surface area contributed by atoms with E-state index in [0.717, 1.165) is 42.8 Å². The van der Waals surface area contributed by atoms with Gasteiger partial charge in [-0.05, 0) is 43.5 Å². The van der Waals surface area contributed by atoms with Crippen LogP contribution in [-0.2, 0) is 4.79 Å². The second-order valence-corrected chi connectivity index (χ2v) is 5.46. The van der Waals surface area contributed by atoms with Crippen molar-refractivity contribution in [3.05, 3.63) is 34.9 Å². The molecule has 1 aliphatic heterocycles. The largest absolute Gasteiger partial charge is 0.348 e. The summed E-state index contributed by atoms with van der Waals surface area (Å²) in [5.41, 5.74) is 1.11. The van der Waals surface area contributed by atoms with Crippen LogP contribution in [0.2, 0.25) is 5.02 Å². The van der Waals surface area contributed by atoms with Crippen molar-refractivity contribution in [2.75, 3.05) is 6.54 Å². The number of hydrogen-bond acceptors (Lipinski definition) is 2. The number of halogens is 1. The number of piperidine rings is 1. The van der Waals surface area contributed by atoms with E-state index in [2.05, 4.69) is 17.6 Å². The van der Waals surface area contributed by atoms with E-state index in [0.29, 0.717) is 0 Å². The van der Waals surface area contributed by atoms with Gasteiger partial charge < -0.3 is 10.6 Å². The molecule has 1 aliphatic rings. The molecule has 2 N–H and O–H groups in total. The third-order valence-corrected chi connectivity index (χ3v) is 3.88. The molecule has 2 atom stereocenters. The maximum Gasteiger partial charge on any atom is 0.237 e. The van der Waals surface area contributed by atoms with Gasteiger partial charge in [-0.25, -0.2) is 0 Å². The van der Waals surface area contributed by atoms with Crippen molar-refractivity contribution in [2.24, 2.45) is 0 Å². The molecule has 0 saturated carbocycles. The molecule has 1 amide bonds. The van der Waals surface area contributed by atoms with Gasteiger partial charge in [0.05, 0.1) is 12.1 Å². The molecule has 104 valence electrons. The molecule has 1 aromatic rings. The van der Waals surface area contributed by atoms with Crippen molar-refractivity contribution >= 4 is 17.5 Å². The fourth-order valence-corrected chi connectivity index (χ4v) is 2.59. The second-order valence-electron chi connectivity index (χ2n) is 5.02. The highest BCUT2D eigenvalue weighted by Crippen LogP contribution is 2.19. The molecular weight excluding hydrogens is 260 g/mol. The molecule has 1 aromatic carbocycles. The first kappa shape index (κ1) is 14.4. The molecule has 19 heavy (non-hydrogen) atoms. The van der Waals surface area contributed by atoms with Gasteiger partial charge in [-0.2, -0.15) is 0 Å². The lowest BCUT2D eigenvalue weighted by Crippen LogP contribution is -2.47. The highest BCUT2D eigenvalue weighted by Gasteiger charge is 2.22. The summed E-state index contributed by atoms with van der Waals surface area (Å²) >= 11 is 5.89. The number of hydrogen-bond donors (Lipinski definition) is 2. The van der Waals surface area contributed by atoms with Gasteiger partial charge in [-0.15, -0.1) is 0 Å². The summed E-state index contributed by atoms with van der Waals surface area (Å²) in [5, 5.41) is 7.12. The molecule has 0 radical (unpaired) electrons. The molecule has 1 unspecified atom stereocenters. The van der Waals surface area contributed by atoms with Crippen molar-refractivity contribution in [2.45, 2.75) is 44.7 Å². The molecule has 4 heteroatoms. The standard InChI is InChI=1S/C15H21ClN2O/c1-2-13(11-6-8-12(16)9-7-11)18-15(19)14-5-3-4-10-17-14/h6-9,13-14,17H,2-5,10H2,1H3,(H,18,19)/t13?,14-/m0/s1. The Hall–Kier alpha value is -1.06. The van der Waals surface area contributed by atoms with Gasteiger partial charge in [0.15, 0.2) is 0 Å². The minimum absolute atomic E-state index is 0.0323. The van der Waals surface area contributed by atoms with Crippen LogP contribution in [0, 0.1) is 0 Å². The van der Waals surface area contributed by atoms with Crippen LogP contribution in [0.5, 0.6) is 0 Å². The van der Waals surface area contributed by atoms with Crippen LogP contribution in [0.25, 0.3) is 0 Å². The lowest BCUT2D eigenvalue weighted by atomic mass is 10.0. The first-order valence-electron chi connectivity index (χ1n) is 7.00. The van der Waals surface area contributed by atoms with Crippen molar-refractivity contribution in [3.63, 3.8) is 0 Å². The number of carbonyl (C=O) groups excluding carboxylic acids is 1. The maximum absolute atomic E-state index is 12.2. The normalized spacial score (nSPS) is 20.8. The molecule has 1 heterocycles. The minimum atomic E-state index is -0.0323. The van der Waals surface area contributed by atoms with E-state index in [-0.39, 0.29) is 18.0 Å². The van der Waals surface area contributed by atoms with Gasteiger partial charge in [-0.1, -0.05) is 37.1 Å². The molecule has 0 bridgehead atoms. The van der Waals surface area contributed by atoms with Gasteiger partial charge in [0.1, 0.15) is 0 Å². The van der Waals surface area contributed by atoms with Gasteiger partial charge in [0.2, 0.25) is 5.91 Å². The third kappa shape index (κ3) is 3.95. The topological polar surface area (TPSA) is 41.1 Å². The number of carbonyl (C=O) groups is 1. The Morgan fingerprint density at radius 3 is 2.74 bits per heavy atom. The molecule has 2 rings (SSSR count). The van der Waals surface area contributed by atoms with Crippen molar-refractivity contribution < 1.29 is 4.79 Å². The predicted octanol–water partition coefficient (Wildman–Crippen LogP) is 3.05. The lowest BCUT2D eigenvalue weighted by molar-refractivity contribution is -0.124. The number of rotatable bonds is 4. The van der Waals surface area contributed by atoms with Crippen LogP contribution < -0.4 is 10.6 Å². The zero-order valence-corrected chi connectivity index (χ0v) is 12.0. The summed E-state index contributed by atoms with van der Waals surface area (Å²) in [6, 6.07) is 7.72. The Labute approximate surface area is 119 Å². The first-order chi connectivity index (χ1) is 9.20. The van der Waals surface area contributed by atoms with Crippen LogP contribution in [0.3, 0.4) is 0 Å². The van der Waals surface area contributed by atoms with Crippen molar-refractivity contribution in [3.8, 4) is 0 Å². The average Bonchev–Trinajstić information content (AvgIpc) is 2.46. The van der Waals surface area contributed by atoms with Crippen LogP contribution in [0.15, 0.2) is 24.3 Å². The van der Waals surface area contributed by atoms with E-state index in [1.54, 1.807) is 0 Å². The summed E-state index contributed by atoms with van der Waals surface area (Å²) in [6.45, 7) is 3.02. The first-order valence-corrected chi connectivity index (χ1v) is 7.37. The molecule has 0 aliphatic carbocycles. The van der Waals surface area contributed by atoms with Gasteiger partial charge >= 0.3 is 0 Å². The molecule has 3 nitrogen and oxygen atoms in total. The van der Waals surface area contributed by atoms with Crippen molar-refractivity contribution in [1.82, 2.24) is 10.6 Å².